The van der Waals surface area contributed by atoms with Gasteiger partial charge in [-0.2, -0.15) is 13.5 Å². The average Bonchev–Trinajstić information content (AvgIpc) is 3.25. The van der Waals surface area contributed by atoms with Gasteiger partial charge in [0, 0.05) is 29.5 Å². The molecule has 1 aliphatic heterocycles. The number of carbonyl (C=O) groups excluding carboxylic acids is 1. The van der Waals surface area contributed by atoms with Crippen LogP contribution in [0.25, 0.3) is 0 Å². The largest absolute Gasteiger partial charge is 0.334 e. The van der Waals surface area contributed by atoms with Gasteiger partial charge in [-0.3, -0.25) is 4.68 Å². The molecule has 1 saturated heterocycles. The molecule has 0 spiro atoms. The molecular weight excluding hydrogens is 484 g/mol. The molecule has 33 heavy (non-hydrogen) atoms. The summed E-state index contributed by atoms with van der Waals surface area (Å²) in [5.41, 5.74) is 0.884. The fraction of sp³-hybridized carbons (Fsp3) is 0.619. The van der Waals surface area contributed by atoms with Crippen LogP contribution in [0.2, 0.25) is 5.02 Å². The van der Waals surface area contributed by atoms with Crippen LogP contribution < -0.4 is 14.3 Å². The molecule has 0 bridgehead atoms. The number of hydrogen-bond acceptors (Lipinski definition) is 6. The molecule has 1 fully saturated rings. The van der Waals surface area contributed by atoms with Crippen LogP contribution in [0.4, 0.5) is 16.2 Å². The van der Waals surface area contributed by atoms with E-state index >= 15 is 0 Å². The predicted octanol–water partition coefficient (Wildman–Crippen LogP) is 4.35. The Labute approximate surface area is 205 Å². The van der Waals surface area contributed by atoms with Crippen molar-refractivity contribution in [2.24, 2.45) is 7.05 Å². The minimum atomic E-state index is -4.21. The van der Waals surface area contributed by atoms with Crippen molar-refractivity contribution in [3.05, 3.63) is 27.2 Å². The van der Waals surface area contributed by atoms with Crippen LogP contribution in [0, 0.1) is 0 Å². The molecule has 0 aromatic carbocycles. The third-order valence-corrected chi connectivity index (χ3v) is 9.31. The summed E-state index contributed by atoms with van der Waals surface area (Å²) in [6.07, 6.45) is 4.67. The highest BCUT2D eigenvalue weighted by Gasteiger charge is 2.35. The van der Waals surface area contributed by atoms with E-state index in [0.29, 0.717) is 29.4 Å². The lowest BCUT2D eigenvalue weighted by atomic mass is 10.1. The van der Waals surface area contributed by atoms with Gasteiger partial charge in [0.15, 0.2) is 0 Å². The lowest BCUT2D eigenvalue weighted by Gasteiger charge is -2.37. The van der Waals surface area contributed by atoms with Crippen LogP contribution in [0.5, 0.6) is 0 Å². The number of nitrogens with zero attached hydrogens (tertiary/aromatic N) is 4. The highest BCUT2D eigenvalue weighted by Crippen LogP contribution is 2.44. The zero-order chi connectivity index (χ0) is 24.5. The van der Waals surface area contributed by atoms with Gasteiger partial charge in [0.25, 0.3) is 0 Å². The molecule has 2 aromatic heterocycles. The second kappa shape index (κ2) is 10.2. The van der Waals surface area contributed by atoms with E-state index in [-0.39, 0.29) is 17.9 Å². The first kappa shape index (κ1) is 25.8. The van der Waals surface area contributed by atoms with Crippen LogP contribution in [-0.4, -0.2) is 55.3 Å². The van der Waals surface area contributed by atoms with E-state index in [1.165, 1.54) is 15.2 Å². The van der Waals surface area contributed by atoms with Crippen molar-refractivity contribution in [1.29, 1.82) is 0 Å². The number of piperidine rings is 1. The Morgan fingerprint density at radius 1 is 1.24 bits per heavy atom. The summed E-state index contributed by atoms with van der Waals surface area (Å²) in [5, 5.41) is 7.29. The number of hydrogen-bond donors (Lipinski definition) is 2. The van der Waals surface area contributed by atoms with Gasteiger partial charge < -0.3 is 10.2 Å². The third-order valence-electron chi connectivity index (χ3n) is 5.55. The van der Waals surface area contributed by atoms with Crippen molar-refractivity contribution in [3.8, 4) is 0 Å². The second-order valence-corrected chi connectivity index (χ2v) is 12.1. The number of anilines is 2. The molecule has 2 amide bonds. The summed E-state index contributed by atoms with van der Waals surface area (Å²) in [7, 11) is -0.529. The Morgan fingerprint density at radius 2 is 1.91 bits per heavy atom. The van der Waals surface area contributed by atoms with Crippen LogP contribution in [0.15, 0.2) is 12.4 Å². The van der Waals surface area contributed by atoms with E-state index in [0.717, 1.165) is 22.7 Å². The second-order valence-electron chi connectivity index (χ2n) is 9.12. The normalized spacial score (nSPS) is 17.5. The van der Waals surface area contributed by atoms with Gasteiger partial charge in [0.1, 0.15) is 0 Å². The van der Waals surface area contributed by atoms with Crippen LogP contribution in [-0.2, 0) is 17.3 Å². The van der Waals surface area contributed by atoms with Crippen molar-refractivity contribution < 1.29 is 13.2 Å². The fourth-order valence-corrected chi connectivity index (χ4v) is 7.06. The van der Waals surface area contributed by atoms with Crippen molar-refractivity contribution in [3.63, 3.8) is 0 Å². The van der Waals surface area contributed by atoms with E-state index in [2.05, 4.69) is 20.0 Å². The van der Waals surface area contributed by atoms with Gasteiger partial charge in [0.05, 0.1) is 28.6 Å². The Hall–Kier alpha value is -1.82. The number of likely N-dealkylation sites (N-methyl/N-ethyl adjacent to an activating group) is 1. The SMILES string of the molecule is CC(C)c1sc(C(C)C)c(NC(=O)NS(=O)(=O)N(c2cnn(C)c2)C2CCCN(C)C2)c1Cl. The van der Waals surface area contributed by atoms with Gasteiger partial charge >= 0.3 is 16.2 Å². The first-order valence-corrected chi connectivity index (χ1v) is 13.7. The quantitative estimate of drug-likeness (QED) is 0.570. The molecule has 1 aliphatic rings. The van der Waals surface area contributed by atoms with Crippen LogP contribution >= 0.6 is 22.9 Å². The van der Waals surface area contributed by atoms with Gasteiger partial charge in [-0.15, -0.1) is 11.3 Å². The van der Waals surface area contributed by atoms with Crippen molar-refractivity contribution in [2.75, 3.05) is 29.8 Å². The molecule has 3 heterocycles. The number of urea groups is 1. The van der Waals surface area contributed by atoms with Gasteiger partial charge in [-0.05, 0) is 38.3 Å². The molecule has 1 atom stereocenters. The molecule has 3 rings (SSSR count). The lowest BCUT2D eigenvalue weighted by Crippen LogP contribution is -2.54. The summed E-state index contributed by atoms with van der Waals surface area (Å²) >= 11 is 8.11. The van der Waals surface area contributed by atoms with Crippen LogP contribution in [0.1, 0.15) is 62.1 Å². The first-order valence-electron chi connectivity index (χ1n) is 11.0. The van der Waals surface area contributed by atoms with Gasteiger partial charge in [-0.1, -0.05) is 39.3 Å². The van der Waals surface area contributed by atoms with Gasteiger partial charge in [0.2, 0.25) is 0 Å². The molecule has 2 N–H and O–H groups in total. The maximum atomic E-state index is 13.4. The monoisotopic (exact) mass is 516 g/mol. The number of aromatic nitrogens is 2. The number of likely N-dealkylation sites (tertiary alicyclic amines) is 1. The number of amides is 2. The topological polar surface area (TPSA) is 99.6 Å². The highest BCUT2D eigenvalue weighted by atomic mass is 35.5. The van der Waals surface area contributed by atoms with Crippen molar-refractivity contribution in [2.45, 2.75) is 58.4 Å². The minimum Gasteiger partial charge on any atom is -0.305 e. The molecule has 12 heteroatoms. The maximum absolute atomic E-state index is 13.4. The molecule has 9 nitrogen and oxygen atoms in total. The Bertz CT molecular complexity index is 1100. The van der Waals surface area contributed by atoms with Crippen molar-refractivity contribution >= 4 is 50.6 Å². The predicted molar refractivity (Wildman–Crippen MR) is 135 cm³/mol. The Morgan fingerprint density at radius 3 is 2.45 bits per heavy atom. The lowest BCUT2D eigenvalue weighted by molar-refractivity contribution is 0.251. The van der Waals surface area contributed by atoms with E-state index in [4.69, 9.17) is 11.6 Å². The van der Waals surface area contributed by atoms with E-state index in [1.54, 1.807) is 24.6 Å². The molecule has 0 aliphatic carbocycles. The fourth-order valence-electron chi connectivity index (χ4n) is 4.04. The molecule has 2 aromatic rings. The number of rotatable bonds is 7. The number of halogens is 1. The minimum absolute atomic E-state index is 0.122. The summed E-state index contributed by atoms with van der Waals surface area (Å²) in [6.45, 7) is 9.54. The zero-order valence-corrected chi connectivity index (χ0v) is 22.3. The summed E-state index contributed by atoms with van der Waals surface area (Å²) < 4.78 is 31.9. The first-order chi connectivity index (χ1) is 15.4. The van der Waals surface area contributed by atoms with E-state index in [1.807, 2.05) is 34.7 Å². The number of nitrogens with one attached hydrogen (secondary N) is 2. The summed E-state index contributed by atoms with van der Waals surface area (Å²) in [4.78, 5) is 16.9. The molecular formula is C21H33ClN6O3S2. The van der Waals surface area contributed by atoms with Gasteiger partial charge in [-0.25, -0.2) is 13.8 Å². The maximum Gasteiger partial charge on any atom is 0.334 e. The molecule has 1 unspecified atom stereocenters. The molecule has 184 valence electrons. The third kappa shape index (κ3) is 5.82. The number of thiophene rings is 1. The number of aryl methyl sites for hydroxylation is 1. The van der Waals surface area contributed by atoms with Crippen molar-refractivity contribution in [1.82, 2.24) is 19.4 Å². The average molecular weight is 517 g/mol. The smallest absolute Gasteiger partial charge is 0.305 e. The molecule has 0 radical (unpaired) electrons. The zero-order valence-electron chi connectivity index (χ0n) is 19.9. The summed E-state index contributed by atoms with van der Waals surface area (Å²) in [6, 6.07) is -1.16. The summed E-state index contributed by atoms with van der Waals surface area (Å²) in [5.74, 6) is 0.309. The Balaban J connectivity index is 1.88. The molecule has 0 saturated carbocycles. The number of carbonyl (C=O) groups is 1. The van der Waals surface area contributed by atoms with Crippen LogP contribution in [0.3, 0.4) is 0 Å². The van der Waals surface area contributed by atoms with E-state index in [9.17, 15) is 13.2 Å². The van der Waals surface area contributed by atoms with E-state index < -0.39 is 16.2 Å². The standard InChI is InChI=1S/C21H33ClN6O3S2/c1-13(2)19-17(22)18(20(32-19)14(3)4)24-21(29)25-33(30,31)28(16-10-23-27(6)12-16)15-8-7-9-26(5)11-15/h10,12-15H,7-9,11H2,1-6H3,(H2,24,25,29). The Kier molecular flexibility index (Phi) is 7.98. The highest BCUT2D eigenvalue weighted by molar-refractivity contribution is 7.91.